The summed E-state index contributed by atoms with van der Waals surface area (Å²) in [5.41, 5.74) is 0.739. The molecule has 2 aromatic carbocycles. The van der Waals surface area contributed by atoms with Crippen LogP contribution in [0.5, 0.6) is 0 Å². The number of halogens is 3. The summed E-state index contributed by atoms with van der Waals surface area (Å²) in [6.45, 7) is 4.85. The lowest BCUT2D eigenvalue weighted by Gasteiger charge is -2.33. The summed E-state index contributed by atoms with van der Waals surface area (Å²) in [4.78, 5) is 27.9. The number of carbonyl (C=O) groups excluding carboxylic acids is 2. The molecule has 0 unspecified atom stereocenters. The number of carbonyl (C=O) groups is 2. The summed E-state index contributed by atoms with van der Waals surface area (Å²) in [6, 6.07) is 10.2. The van der Waals surface area contributed by atoms with Crippen LogP contribution >= 0.6 is 34.8 Å². The minimum atomic E-state index is -3.87. The molecule has 0 aliphatic carbocycles. The molecule has 34 heavy (non-hydrogen) atoms. The van der Waals surface area contributed by atoms with Crippen LogP contribution in [0.1, 0.15) is 32.8 Å². The Balaban J connectivity index is 2.49. The normalized spacial score (nSPS) is 12.4. The number of nitrogens with zero attached hydrogens (tertiary/aromatic N) is 2. The van der Waals surface area contributed by atoms with E-state index >= 15 is 0 Å². The summed E-state index contributed by atoms with van der Waals surface area (Å²) >= 11 is 18.6. The molecule has 0 radical (unpaired) electrons. The van der Waals surface area contributed by atoms with Gasteiger partial charge in [-0.3, -0.25) is 13.9 Å². The van der Waals surface area contributed by atoms with E-state index in [1.165, 1.54) is 17.0 Å². The van der Waals surface area contributed by atoms with Crippen LogP contribution in [0, 0.1) is 0 Å². The summed E-state index contributed by atoms with van der Waals surface area (Å²) in [7, 11) is -3.87. The molecule has 2 aromatic rings. The summed E-state index contributed by atoms with van der Waals surface area (Å²) in [5.74, 6) is -0.929. The smallest absolute Gasteiger partial charge is 0.244 e. The third-order valence-electron chi connectivity index (χ3n) is 4.97. The van der Waals surface area contributed by atoms with E-state index in [0.29, 0.717) is 22.0 Å². The van der Waals surface area contributed by atoms with E-state index in [2.05, 4.69) is 5.32 Å². The van der Waals surface area contributed by atoms with Gasteiger partial charge in [0.1, 0.15) is 12.6 Å². The van der Waals surface area contributed by atoms with Crippen molar-refractivity contribution in [2.45, 2.75) is 45.8 Å². The Morgan fingerprint density at radius 1 is 1.03 bits per heavy atom. The van der Waals surface area contributed by atoms with Gasteiger partial charge >= 0.3 is 0 Å². The molecule has 186 valence electrons. The number of anilines is 1. The van der Waals surface area contributed by atoms with Crippen molar-refractivity contribution >= 4 is 62.3 Å². The van der Waals surface area contributed by atoms with Gasteiger partial charge in [-0.15, -0.1) is 0 Å². The molecule has 1 atom stereocenters. The standard InChI is InChI=1S/C23H28Cl3N3O4S/c1-5-20(23(31)27-15(2)3)28(13-16-10-11-17(24)12-19(16)26)22(30)14-29(34(4,32)33)21-9-7-6-8-18(21)25/h6-12,15,20H,5,13-14H2,1-4H3,(H,27,31)/t20-/m0/s1. The van der Waals surface area contributed by atoms with Gasteiger partial charge in [0.25, 0.3) is 0 Å². The lowest BCUT2D eigenvalue weighted by atomic mass is 10.1. The van der Waals surface area contributed by atoms with Crippen molar-refractivity contribution in [1.29, 1.82) is 0 Å². The fourth-order valence-corrected chi connectivity index (χ4v) is 5.00. The van der Waals surface area contributed by atoms with Crippen molar-refractivity contribution in [2.75, 3.05) is 17.1 Å². The molecule has 0 spiro atoms. The fraction of sp³-hybridized carbons (Fsp3) is 0.391. The molecule has 0 aliphatic heterocycles. The van der Waals surface area contributed by atoms with Gasteiger partial charge in [0.05, 0.1) is 17.0 Å². The van der Waals surface area contributed by atoms with Crippen LogP contribution in [-0.2, 0) is 26.2 Å². The molecule has 2 rings (SSSR count). The molecular formula is C23H28Cl3N3O4S. The minimum Gasteiger partial charge on any atom is -0.352 e. The van der Waals surface area contributed by atoms with Crippen LogP contribution in [0.25, 0.3) is 0 Å². The number of para-hydroxylation sites is 1. The molecule has 1 N–H and O–H groups in total. The van der Waals surface area contributed by atoms with E-state index < -0.39 is 28.5 Å². The molecule has 0 aromatic heterocycles. The highest BCUT2D eigenvalue weighted by molar-refractivity contribution is 7.92. The van der Waals surface area contributed by atoms with E-state index in [1.54, 1.807) is 37.3 Å². The zero-order valence-corrected chi connectivity index (χ0v) is 22.5. The Labute approximate surface area is 216 Å². The van der Waals surface area contributed by atoms with Gasteiger partial charge in [0.15, 0.2) is 0 Å². The van der Waals surface area contributed by atoms with Crippen LogP contribution in [-0.4, -0.2) is 50.0 Å². The minimum absolute atomic E-state index is 0.0149. The molecule has 7 nitrogen and oxygen atoms in total. The van der Waals surface area contributed by atoms with Crippen LogP contribution in [0.2, 0.25) is 15.1 Å². The number of hydrogen-bond donors (Lipinski definition) is 1. The summed E-state index contributed by atoms with van der Waals surface area (Å²) in [6.07, 6.45) is 1.30. The number of benzene rings is 2. The Kier molecular flexibility index (Phi) is 10.1. The predicted molar refractivity (Wildman–Crippen MR) is 138 cm³/mol. The third kappa shape index (κ3) is 7.50. The van der Waals surface area contributed by atoms with Gasteiger partial charge < -0.3 is 10.2 Å². The van der Waals surface area contributed by atoms with Gasteiger partial charge in [0, 0.05) is 22.6 Å². The average molecular weight is 549 g/mol. The zero-order chi connectivity index (χ0) is 25.6. The second kappa shape index (κ2) is 12.1. The van der Waals surface area contributed by atoms with E-state index in [9.17, 15) is 18.0 Å². The first kappa shape index (κ1) is 28.2. The van der Waals surface area contributed by atoms with Crippen molar-refractivity contribution in [1.82, 2.24) is 10.2 Å². The van der Waals surface area contributed by atoms with Crippen molar-refractivity contribution in [3.63, 3.8) is 0 Å². The lowest BCUT2D eigenvalue weighted by Crippen LogP contribution is -2.53. The fourth-order valence-electron chi connectivity index (χ4n) is 3.38. The van der Waals surface area contributed by atoms with Crippen LogP contribution in [0.4, 0.5) is 5.69 Å². The van der Waals surface area contributed by atoms with E-state index in [4.69, 9.17) is 34.8 Å². The maximum absolute atomic E-state index is 13.6. The predicted octanol–water partition coefficient (Wildman–Crippen LogP) is 4.74. The number of nitrogens with one attached hydrogen (secondary N) is 1. The average Bonchev–Trinajstić information content (AvgIpc) is 2.72. The second-order valence-corrected chi connectivity index (χ2v) is 11.2. The number of amides is 2. The number of sulfonamides is 1. The molecule has 0 fully saturated rings. The zero-order valence-electron chi connectivity index (χ0n) is 19.4. The van der Waals surface area contributed by atoms with Crippen LogP contribution in [0.3, 0.4) is 0 Å². The Hall–Kier alpha value is -2.00. The molecule has 0 saturated heterocycles. The maximum atomic E-state index is 13.6. The van der Waals surface area contributed by atoms with Gasteiger partial charge in [-0.05, 0) is 50.1 Å². The lowest BCUT2D eigenvalue weighted by molar-refractivity contribution is -0.140. The van der Waals surface area contributed by atoms with Crippen LogP contribution < -0.4 is 9.62 Å². The highest BCUT2D eigenvalue weighted by Crippen LogP contribution is 2.28. The van der Waals surface area contributed by atoms with Crippen LogP contribution in [0.15, 0.2) is 42.5 Å². The van der Waals surface area contributed by atoms with Gasteiger partial charge in [-0.25, -0.2) is 8.42 Å². The van der Waals surface area contributed by atoms with E-state index in [0.717, 1.165) is 10.6 Å². The van der Waals surface area contributed by atoms with Crippen molar-refractivity contribution < 1.29 is 18.0 Å². The van der Waals surface area contributed by atoms with Gasteiger partial charge in [-0.2, -0.15) is 0 Å². The molecular weight excluding hydrogens is 521 g/mol. The molecule has 0 heterocycles. The van der Waals surface area contributed by atoms with Crippen molar-refractivity contribution in [3.05, 3.63) is 63.1 Å². The first-order chi connectivity index (χ1) is 15.8. The van der Waals surface area contributed by atoms with E-state index in [1.807, 2.05) is 13.8 Å². The largest absolute Gasteiger partial charge is 0.352 e. The topological polar surface area (TPSA) is 86.8 Å². The first-order valence-corrected chi connectivity index (χ1v) is 13.6. The molecule has 0 saturated carbocycles. The molecule has 2 amide bonds. The quantitative estimate of drug-likeness (QED) is 0.464. The van der Waals surface area contributed by atoms with Gasteiger partial charge in [0.2, 0.25) is 21.8 Å². The molecule has 11 heteroatoms. The Bertz CT molecular complexity index is 1140. The van der Waals surface area contributed by atoms with Crippen molar-refractivity contribution in [2.24, 2.45) is 0 Å². The molecule has 0 aliphatic rings. The Morgan fingerprint density at radius 3 is 2.21 bits per heavy atom. The van der Waals surface area contributed by atoms with Crippen molar-refractivity contribution in [3.8, 4) is 0 Å². The van der Waals surface area contributed by atoms with Gasteiger partial charge in [-0.1, -0.05) is 59.9 Å². The first-order valence-electron chi connectivity index (χ1n) is 10.6. The molecule has 0 bridgehead atoms. The number of hydrogen-bond acceptors (Lipinski definition) is 4. The monoisotopic (exact) mass is 547 g/mol. The third-order valence-corrected chi connectivity index (χ3v) is 7.01. The highest BCUT2D eigenvalue weighted by Gasteiger charge is 2.32. The van der Waals surface area contributed by atoms with E-state index in [-0.39, 0.29) is 29.2 Å². The Morgan fingerprint density at radius 2 is 1.68 bits per heavy atom. The maximum Gasteiger partial charge on any atom is 0.244 e. The SMILES string of the molecule is CC[C@@H](C(=O)NC(C)C)N(Cc1ccc(Cl)cc1Cl)C(=O)CN(c1ccccc1Cl)S(C)(=O)=O. The highest BCUT2D eigenvalue weighted by atomic mass is 35.5. The summed E-state index contributed by atoms with van der Waals surface area (Å²) < 4.78 is 26.1. The number of rotatable bonds is 10. The second-order valence-electron chi connectivity index (χ2n) is 8.07. The summed E-state index contributed by atoms with van der Waals surface area (Å²) in [5, 5.41) is 3.76.